The highest BCUT2D eigenvalue weighted by Crippen LogP contribution is 2.39. The number of unbranched alkanes of at least 4 members (excludes halogenated alkanes) is 2. The molecule has 1 aliphatic heterocycles. The van der Waals surface area contributed by atoms with Crippen LogP contribution < -0.4 is 9.64 Å². The summed E-state index contributed by atoms with van der Waals surface area (Å²) < 4.78 is 5.69. The number of amides is 2. The summed E-state index contributed by atoms with van der Waals surface area (Å²) >= 11 is 12.4. The third kappa shape index (κ3) is 3.93. The van der Waals surface area contributed by atoms with Crippen molar-refractivity contribution >= 4 is 40.7 Å². The van der Waals surface area contributed by atoms with Gasteiger partial charge >= 0.3 is 0 Å². The Bertz CT molecular complexity index is 694. The maximum Gasteiger partial charge on any atom is 0.261 e. The van der Waals surface area contributed by atoms with E-state index in [0.717, 1.165) is 29.7 Å². The van der Waals surface area contributed by atoms with Crippen molar-refractivity contribution in [2.75, 3.05) is 11.5 Å². The van der Waals surface area contributed by atoms with E-state index < -0.39 is 0 Å². The van der Waals surface area contributed by atoms with Gasteiger partial charge in [0.15, 0.2) is 0 Å². The summed E-state index contributed by atoms with van der Waals surface area (Å²) in [5.74, 6) is -0.197. The first-order chi connectivity index (χ1) is 11.4. The van der Waals surface area contributed by atoms with Crippen molar-refractivity contribution in [2.45, 2.75) is 46.5 Å². The molecule has 0 spiro atoms. The Kier molecular flexibility index (Phi) is 6.30. The number of halogens is 2. The van der Waals surface area contributed by atoms with Gasteiger partial charge in [0.1, 0.15) is 5.75 Å². The third-order valence-electron chi connectivity index (χ3n) is 3.89. The Labute approximate surface area is 152 Å². The van der Waals surface area contributed by atoms with Gasteiger partial charge in [-0.1, -0.05) is 48.5 Å². The van der Waals surface area contributed by atoms with E-state index in [0.29, 0.717) is 28.6 Å². The molecule has 0 aromatic heterocycles. The molecule has 1 heterocycles. The maximum absolute atomic E-state index is 12.5. The van der Waals surface area contributed by atoms with Gasteiger partial charge in [-0.3, -0.25) is 9.59 Å². The molecule has 24 heavy (non-hydrogen) atoms. The van der Waals surface area contributed by atoms with Gasteiger partial charge in [-0.2, -0.15) is 0 Å². The van der Waals surface area contributed by atoms with Crippen LogP contribution in [0.15, 0.2) is 23.3 Å². The van der Waals surface area contributed by atoms with E-state index in [2.05, 4.69) is 6.92 Å². The summed E-state index contributed by atoms with van der Waals surface area (Å²) in [6.45, 7) is 6.26. The summed E-state index contributed by atoms with van der Waals surface area (Å²) in [5.41, 5.74) is 1.66. The molecule has 0 atom stereocenters. The van der Waals surface area contributed by atoms with E-state index in [4.69, 9.17) is 27.9 Å². The van der Waals surface area contributed by atoms with Crippen molar-refractivity contribution < 1.29 is 14.3 Å². The number of hydrogen-bond donors (Lipinski definition) is 0. The number of carbonyl (C=O) groups is 2. The summed E-state index contributed by atoms with van der Waals surface area (Å²) in [4.78, 5) is 25.9. The highest BCUT2D eigenvalue weighted by molar-refractivity contribution is 6.39. The van der Waals surface area contributed by atoms with Crippen molar-refractivity contribution in [3.63, 3.8) is 0 Å². The zero-order valence-corrected chi connectivity index (χ0v) is 15.6. The molecule has 0 N–H and O–H groups in total. The van der Waals surface area contributed by atoms with Crippen LogP contribution in [-0.4, -0.2) is 18.4 Å². The number of allylic oxidation sites excluding steroid dienone is 1. The van der Waals surface area contributed by atoms with Crippen LogP contribution in [-0.2, 0) is 9.59 Å². The summed E-state index contributed by atoms with van der Waals surface area (Å²) in [6, 6.07) is 3.08. The molecule has 2 amide bonds. The van der Waals surface area contributed by atoms with Gasteiger partial charge < -0.3 is 4.74 Å². The fourth-order valence-electron chi connectivity index (χ4n) is 2.52. The Morgan fingerprint density at radius 3 is 2.46 bits per heavy atom. The molecule has 130 valence electrons. The van der Waals surface area contributed by atoms with Gasteiger partial charge in [0.05, 0.1) is 28.8 Å². The van der Waals surface area contributed by atoms with Crippen molar-refractivity contribution in [1.82, 2.24) is 0 Å². The number of hydrogen-bond acceptors (Lipinski definition) is 3. The predicted octanol–water partition coefficient (Wildman–Crippen LogP) is 5.16. The maximum atomic E-state index is 12.5. The minimum absolute atomic E-state index is 0.0901. The minimum atomic E-state index is -0.332. The molecule has 0 saturated carbocycles. The average molecular weight is 370 g/mol. The SMILES string of the molecule is CCCCCOc1cc(N2C(=O)CC(=C(C)C)C2=O)c(Cl)cc1Cl. The number of carbonyl (C=O) groups excluding carboxylic acids is 2. The average Bonchev–Trinajstić information content (AvgIpc) is 2.81. The van der Waals surface area contributed by atoms with E-state index in [1.165, 1.54) is 6.07 Å². The first-order valence-electron chi connectivity index (χ1n) is 8.02. The van der Waals surface area contributed by atoms with Crippen molar-refractivity contribution in [3.8, 4) is 5.75 Å². The quantitative estimate of drug-likeness (QED) is 0.395. The first-order valence-corrected chi connectivity index (χ1v) is 8.77. The minimum Gasteiger partial charge on any atom is -0.492 e. The molecule has 1 saturated heterocycles. The second-order valence-corrected chi connectivity index (χ2v) is 6.79. The Morgan fingerprint density at radius 1 is 1.17 bits per heavy atom. The smallest absolute Gasteiger partial charge is 0.261 e. The van der Waals surface area contributed by atoms with E-state index in [1.807, 2.05) is 13.8 Å². The monoisotopic (exact) mass is 369 g/mol. The van der Waals surface area contributed by atoms with Crippen LogP contribution >= 0.6 is 23.2 Å². The van der Waals surface area contributed by atoms with Crippen LogP contribution in [0.5, 0.6) is 5.75 Å². The second-order valence-electron chi connectivity index (χ2n) is 5.98. The zero-order chi connectivity index (χ0) is 17.9. The lowest BCUT2D eigenvalue weighted by Crippen LogP contribution is -2.29. The Hall–Kier alpha value is -1.52. The number of anilines is 1. The van der Waals surface area contributed by atoms with Crippen LogP contribution in [0, 0.1) is 0 Å². The molecule has 4 nitrogen and oxygen atoms in total. The van der Waals surface area contributed by atoms with Gasteiger partial charge in [-0.15, -0.1) is 0 Å². The summed E-state index contributed by atoms with van der Waals surface area (Å²) in [5, 5.41) is 0.611. The van der Waals surface area contributed by atoms with Crippen molar-refractivity contribution in [2.24, 2.45) is 0 Å². The molecule has 6 heteroatoms. The van der Waals surface area contributed by atoms with E-state index >= 15 is 0 Å². The number of nitrogens with zero attached hydrogens (tertiary/aromatic N) is 1. The number of imide groups is 1. The van der Waals surface area contributed by atoms with Crippen LogP contribution in [0.25, 0.3) is 0 Å². The first kappa shape index (κ1) is 18.8. The Balaban J connectivity index is 2.32. The molecule has 1 fully saturated rings. The van der Waals surface area contributed by atoms with Crippen LogP contribution in [0.3, 0.4) is 0 Å². The number of benzene rings is 1. The number of rotatable bonds is 6. The normalized spacial score (nSPS) is 14.5. The fourth-order valence-corrected chi connectivity index (χ4v) is 3.05. The van der Waals surface area contributed by atoms with Crippen molar-refractivity contribution in [1.29, 1.82) is 0 Å². The molecule has 0 bridgehead atoms. The molecular formula is C18H21Cl2NO3. The lowest BCUT2D eigenvalue weighted by Gasteiger charge is -2.18. The molecule has 1 aromatic carbocycles. The van der Waals surface area contributed by atoms with Crippen LogP contribution in [0.1, 0.15) is 46.5 Å². The highest BCUT2D eigenvalue weighted by Gasteiger charge is 2.37. The van der Waals surface area contributed by atoms with Gasteiger partial charge in [-0.05, 0) is 26.3 Å². The third-order valence-corrected chi connectivity index (χ3v) is 4.49. The van der Waals surface area contributed by atoms with Gasteiger partial charge in [0, 0.05) is 11.6 Å². The van der Waals surface area contributed by atoms with E-state index in [1.54, 1.807) is 6.07 Å². The molecule has 0 radical (unpaired) electrons. The molecule has 2 rings (SSSR count). The highest BCUT2D eigenvalue weighted by atomic mass is 35.5. The van der Waals surface area contributed by atoms with Gasteiger partial charge in [0.2, 0.25) is 5.91 Å². The lowest BCUT2D eigenvalue weighted by atomic mass is 10.1. The molecule has 1 aliphatic rings. The van der Waals surface area contributed by atoms with E-state index in [9.17, 15) is 9.59 Å². The lowest BCUT2D eigenvalue weighted by molar-refractivity contribution is -0.120. The number of ether oxygens (including phenoxy) is 1. The molecular weight excluding hydrogens is 349 g/mol. The molecule has 0 aliphatic carbocycles. The Morgan fingerprint density at radius 2 is 1.88 bits per heavy atom. The predicted molar refractivity (Wildman–Crippen MR) is 97.0 cm³/mol. The van der Waals surface area contributed by atoms with Crippen LogP contribution in [0.4, 0.5) is 5.69 Å². The molecule has 0 unspecified atom stereocenters. The zero-order valence-electron chi connectivity index (χ0n) is 14.1. The fraction of sp³-hybridized carbons (Fsp3) is 0.444. The second kappa shape index (κ2) is 8.04. The van der Waals surface area contributed by atoms with Crippen molar-refractivity contribution in [3.05, 3.63) is 33.3 Å². The largest absolute Gasteiger partial charge is 0.492 e. The molecule has 1 aromatic rings. The van der Waals surface area contributed by atoms with E-state index in [-0.39, 0.29) is 23.3 Å². The standard InChI is InChI=1S/C18H21Cl2NO3/c1-4-5-6-7-24-16-10-15(13(19)9-14(16)20)21-17(22)8-12(11(2)3)18(21)23/h9-10H,4-8H2,1-3H3. The van der Waals surface area contributed by atoms with Gasteiger partial charge in [0.25, 0.3) is 5.91 Å². The van der Waals surface area contributed by atoms with Crippen LogP contribution in [0.2, 0.25) is 10.0 Å². The van der Waals surface area contributed by atoms with Gasteiger partial charge in [-0.25, -0.2) is 4.90 Å². The topological polar surface area (TPSA) is 46.6 Å². The summed E-state index contributed by atoms with van der Waals surface area (Å²) in [7, 11) is 0. The summed E-state index contributed by atoms with van der Waals surface area (Å²) in [6.07, 6.45) is 3.15.